The van der Waals surface area contributed by atoms with Crippen LogP contribution in [0, 0.1) is 5.92 Å². The Hall–Kier alpha value is -2.96. The first-order valence-electron chi connectivity index (χ1n) is 9.26. The van der Waals surface area contributed by atoms with Gasteiger partial charge in [0.2, 0.25) is 0 Å². The van der Waals surface area contributed by atoms with E-state index >= 15 is 0 Å². The van der Waals surface area contributed by atoms with E-state index in [2.05, 4.69) is 4.74 Å². The van der Waals surface area contributed by atoms with Gasteiger partial charge in [0.1, 0.15) is 11.3 Å². The fourth-order valence-electron chi connectivity index (χ4n) is 4.74. The van der Waals surface area contributed by atoms with Crippen molar-refractivity contribution in [2.24, 2.45) is 5.92 Å². The van der Waals surface area contributed by atoms with Gasteiger partial charge in [-0.2, -0.15) is 8.78 Å². The third-order valence-corrected chi connectivity index (χ3v) is 5.99. The standard InChI is InChI=1S/C21H18F2N2O3/c22-19(23)28-17-7-6-16(9-15(17)8-13-4-2-1-3-5-13)25-18(26)21-10-14(11-21)12-24(21)20(25)27/h1-7,9,14,19H,8,10-12H2. The number of carbonyl (C=O) groups is 2. The van der Waals surface area contributed by atoms with Crippen LogP contribution in [0.3, 0.4) is 0 Å². The molecule has 1 aliphatic carbocycles. The van der Waals surface area contributed by atoms with Gasteiger partial charge < -0.3 is 9.64 Å². The second-order valence-electron chi connectivity index (χ2n) is 7.67. The Kier molecular flexibility index (Phi) is 3.69. The van der Waals surface area contributed by atoms with Gasteiger partial charge in [-0.3, -0.25) is 4.79 Å². The molecule has 7 heteroatoms. The molecular formula is C21H18F2N2O3. The molecule has 1 saturated carbocycles. The lowest BCUT2D eigenvalue weighted by Crippen LogP contribution is -2.49. The normalized spacial score (nSPS) is 25.3. The summed E-state index contributed by atoms with van der Waals surface area (Å²) >= 11 is 0. The molecule has 2 aromatic rings. The van der Waals surface area contributed by atoms with Gasteiger partial charge in [-0.05, 0) is 42.5 Å². The number of benzene rings is 2. The quantitative estimate of drug-likeness (QED) is 0.737. The number of amides is 3. The predicted octanol–water partition coefficient (Wildman–Crippen LogP) is 3.81. The third kappa shape index (κ3) is 2.42. The number of carbonyl (C=O) groups excluding carboxylic acids is 2. The number of anilines is 1. The van der Waals surface area contributed by atoms with Crippen LogP contribution in [-0.2, 0) is 11.2 Å². The lowest BCUT2D eigenvalue weighted by Gasteiger charge is -2.34. The highest BCUT2D eigenvalue weighted by molar-refractivity contribution is 6.24. The molecule has 3 aliphatic heterocycles. The molecule has 4 fully saturated rings. The SMILES string of the molecule is O=C1N(c2ccc(OC(F)F)c(Cc3ccccc3)c2)C(=O)C23CC(CN12)C3. The van der Waals surface area contributed by atoms with Crippen molar-refractivity contribution in [1.29, 1.82) is 0 Å². The Labute approximate surface area is 160 Å². The van der Waals surface area contributed by atoms with Crippen molar-refractivity contribution in [3.63, 3.8) is 0 Å². The van der Waals surface area contributed by atoms with Crippen molar-refractivity contribution in [3.05, 3.63) is 59.7 Å². The summed E-state index contributed by atoms with van der Waals surface area (Å²) in [6, 6.07) is 13.6. The van der Waals surface area contributed by atoms with Crippen LogP contribution in [-0.4, -0.2) is 35.5 Å². The predicted molar refractivity (Wildman–Crippen MR) is 97.4 cm³/mol. The molecule has 0 radical (unpaired) electrons. The summed E-state index contributed by atoms with van der Waals surface area (Å²) in [4.78, 5) is 28.7. The number of urea groups is 1. The van der Waals surface area contributed by atoms with Crippen molar-refractivity contribution in [3.8, 4) is 5.75 Å². The molecule has 1 spiro atoms. The minimum absolute atomic E-state index is 0.0454. The highest BCUT2D eigenvalue weighted by Crippen LogP contribution is 2.55. The maximum absolute atomic E-state index is 13.0. The molecule has 0 aromatic heterocycles. The van der Waals surface area contributed by atoms with E-state index in [1.165, 1.54) is 17.0 Å². The zero-order valence-electron chi connectivity index (χ0n) is 15.0. The maximum Gasteiger partial charge on any atom is 0.387 e. The monoisotopic (exact) mass is 384 g/mol. The summed E-state index contributed by atoms with van der Waals surface area (Å²) in [6.07, 6.45) is 1.79. The fourth-order valence-corrected chi connectivity index (χ4v) is 4.74. The highest BCUT2D eigenvalue weighted by atomic mass is 19.3. The largest absolute Gasteiger partial charge is 0.435 e. The molecule has 0 atom stereocenters. The molecule has 3 saturated heterocycles. The average molecular weight is 384 g/mol. The minimum Gasteiger partial charge on any atom is -0.435 e. The highest BCUT2D eigenvalue weighted by Gasteiger charge is 2.69. The number of nitrogens with zero attached hydrogens (tertiary/aromatic N) is 2. The molecule has 144 valence electrons. The van der Waals surface area contributed by atoms with Crippen LogP contribution >= 0.6 is 0 Å². The molecular weight excluding hydrogens is 366 g/mol. The molecule has 6 rings (SSSR count). The molecule has 2 aromatic carbocycles. The zero-order valence-corrected chi connectivity index (χ0v) is 15.0. The smallest absolute Gasteiger partial charge is 0.387 e. The molecule has 4 aliphatic rings. The third-order valence-electron chi connectivity index (χ3n) is 5.99. The molecule has 0 unspecified atom stereocenters. The van der Waals surface area contributed by atoms with Gasteiger partial charge >= 0.3 is 12.6 Å². The van der Waals surface area contributed by atoms with Gasteiger partial charge in [0, 0.05) is 18.5 Å². The number of hydrogen-bond donors (Lipinski definition) is 0. The van der Waals surface area contributed by atoms with Crippen LogP contribution in [0.4, 0.5) is 19.3 Å². The lowest BCUT2D eigenvalue weighted by molar-refractivity contribution is -0.126. The molecule has 0 N–H and O–H groups in total. The van der Waals surface area contributed by atoms with Crippen molar-refractivity contribution in [2.75, 3.05) is 11.4 Å². The second-order valence-corrected chi connectivity index (χ2v) is 7.67. The van der Waals surface area contributed by atoms with Gasteiger partial charge in [-0.1, -0.05) is 30.3 Å². The number of rotatable bonds is 5. The number of halogens is 2. The second kappa shape index (κ2) is 6.02. The summed E-state index contributed by atoms with van der Waals surface area (Å²) < 4.78 is 30.3. The summed E-state index contributed by atoms with van der Waals surface area (Å²) in [6.45, 7) is -2.34. The number of ether oxygens (including phenoxy) is 1. The first kappa shape index (κ1) is 17.2. The zero-order chi connectivity index (χ0) is 19.5. The molecule has 2 bridgehead atoms. The van der Waals surface area contributed by atoms with Crippen LogP contribution in [0.25, 0.3) is 0 Å². The molecule has 5 nitrogen and oxygen atoms in total. The number of hydrogen-bond acceptors (Lipinski definition) is 3. The summed E-state index contributed by atoms with van der Waals surface area (Å²) in [5, 5.41) is 0. The van der Waals surface area contributed by atoms with E-state index in [-0.39, 0.29) is 17.7 Å². The first-order valence-corrected chi connectivity index (χ1v) is 9.26. The van der Waals surface area contributed by atoms with E-state index in [1.807, 2.05) is 30.3 Å². The van der Waals surface area contributed by atoms with Crippen molar-refractivity contribution in [2.45, 2.75) is 31.4 Å². The van der Waals surface area contributed by atoms with E-state index in [9.17, 15) is 18.4 Å². The fraction of sp³-hybridized carbons (Fsp3) is 0.333. The minimum atomic E-state index is -2.95. The van der Waals surface area contributed by atoms with Gasteiger partial charge in [-0.15, -0.1) is 0 Å². The van der Waals surface area contributed by atoms with Gasteiger partial charge in [0.25, 0.3) is 5.91 Å². The van der Waals surface area contributed by atoms with Crippen LogP contribution in [0.2, 0.25) is 0 Å². The van der Waals surface area contributed by atoms with Crippen LogP contribution in [0.1, 0.15) is 24.0 Å². The van der Waals surface area contributed by atoms with Gasteiger partial charge in [-0.25, -0.2) is 9.69 Å². The Bertz CT molecular complexity index is 955. The van der Waals surface area contributed by atoms with Gasteiger partial charge in [0.15, 0.2) is 0 Å². The van der Waals surface area contributed by atoms with E-state index in [0.717, 1.165) is 18.4 Å². The van der Waals surface area contributed by atoms with Crippen LogP contribution < -0.4 is 9.64 Å². The first-order chi connectivity index (χ1) is 13.5. The molecule has 3 heterocycles. The van der Waals surface area contributed by atoms with Crippen LogP contribution in [0.15, 0.2) is 48.5 Å². The van der Waals surface area contributed by atoms with E-state index in [0.29, 0.717) is 30.1 Å². The van der Waals surface area contributed by atoms with Crippen LogP contribution in [0.5, 0.6) is 5.75 Å². The summed E-state index contributed by atoms with van der Waals surface area (Å²) in [5.74, 6) is 0.258. The number of alkyl halides is 2. The molecule has 3 amide bonds. The van der Waals surface area contributed by atoms with Gasteiger partial charge in [0.05, 0.1) is 5.69 Å². The summed E-state index contributed by atoms with van der Waals surface area (Å²) in [7, 11) is 0. The Balaban J connectivity index is 1.51. The lowest BCUT2D eigenvalue weighted by atomic mass is 9.73. The van der Waals surface area contributed by atoms with E-state index < -0.39 is 12.2 Å². The average Bonchev–Trinajstić information content (AvgIpc) is 3.26. The Morgan fingerprint density at radius 1 is 1.11 bits per heavy atom. The Morgan fingerprint density at radius 2 is 1.86 bits per heavy atom. The van der Waals surface area contributed by atoms with E-state index in [1.54, 1.807) is 11.0 Å². The van der Waals surface area contributed by atoms with Crippen molar-refractivity contribution in [1.82, 2.24) is 4.90 Å². The van der Waals surface area contributed by atoms with Crippen molar-refractivity contribution < 1.29 is 23.1 Å². The van der Waals surface area contributed by atoms with E-state index in [4.69, 9.17) is 0 Å². The maximum atomic E-state index is 13.0. The molecule has 28 heavy (non-hydrogen) atoms. The number of imide groups is 1. The summed E-state index contributed by atoms with van der Waals surface area (Å²) in [5.41, 5.74) is 1.13. The Morgan fingerprint density at radius 3 is 2.54 bits per heavy atom. The van der Waals surface area contributed by atoms with Crippen molar-refractivity contribution >= 4 is 17.6 Å². The topological polar surface area (TPSA) is 49.9 Å².